The highest BCUT2D eigenvalue weighted by molar-refractivity contribution is 6.04. The zero-order valence-electron chi connectivity index (χ0n) is 19.9. The van der Waals surface area contributed by atoms with Crippen LogP contribution < -0.4 is 15.5 Å². The molecule has 188 valence electrons. The molecule has 34 heavy (non-hydrogen) atoms. The van der Waals surface area contributed by atoms with Gasteiger partial charge in [0.05, 0.1) is 5.56 Å². The molecular formula is C25H37Cl2N5O2. The summed E-state index contributed by atoms with van der Waals surface area (Å²) in [6.07, 6.45) is 10.8. The number of nitrogens with zero attached hydrogens (tertiary/aromatic N) is 3. The summed E-state index contributed by atoms with van der Waals surface area (Å²) in [5.41, 5.74) is 2.04. The van der Waals surface area contributed by atoms with E-state index in [2.05, 4.69) is 27.5 Å². The lowest BCUT2D eigenvalue weighted by molar-refractivity contribution is 0.0463. The predicted octanol–water partition coefficient (Wildman–Crippen LogP) is 4.14. The number of piperidine rings is 2. The van der Waals surface area contributed by atoms with Crippen molar-refractivity contribution in [3.63, 3.8) is 0 Å². The smallest absolute Gasteiger partial charge is 0.298 e. The van der Waals surface area contributed by atoms with E-state index in [0.717, 1.165) is 25.9 Å². The molecule has 1 amide bonds. The van der Waals surface area contributed by atoms with Crippen LogP contribution in [0.2, 0.25) is 0 Å². The van der Waals surface area contributed by atoms with Gasteiger partial charge in [-0.1, -0.05) is 25.3 Å². The number of halogens is 2. The summed E-state index contributed by atoms with van der Waals surface area (Å²) in [4.78, 5) is 23.0. The van der Waals surface area contributed by atoms with Crippen molar-refractivity contribution in [3.05, 3.63) is 23.8 Å². The maximum Gasteiger partial charge on any atom is 0.298 e. The van der Waals surface area contributed by atoms with Gasteiger partial charge in [-0.3, -0.25) is 4.79 Å². The Morgan fingerprint density at radius 3 is 2.65 bits per heavy atom. The molecule has 1 aliphatic carbocycles. The number of amides is 1. The molecule has 3 saturated heterocycles. The van der Waals surface area contributed by atoms with Gasteiger partial charge in [-0.05, 0) is 57.7 Å². The molecule has 4 aliphatic rings. The Hall–Kier alpha value is -1.54. The topological polar surface area (TPSA) is 73.6 Å². The molecule has 7 nitrogen and oxygen atoms in total. The Morgan fingerprint density at radius 1 is 1.09 bits per heavy atom. The van der Waals surface area contributed by atoms with Crippen molar-refractivity contribution >= 4 is 47.8 Å². The first kappa shape index (κ1) is 25.5. The molecule has 0 radical (unpaired) electrons. The molecule has 3 aliphatic heterocycles. The summed E-state index contributed by atoms with van der Waals surface area (Å²) >= 11 is 0. The van der Waals surface area contributed by atoms with E-state index in [9.17, 15) is 4.79 Å². The molecular weight excluding hydrogens is 473 g/mol. The minimum atomic E-state index is -0.0149. The molecule has 4 atom stereocenters. The van der Waals surface area contributed by atoms with E-state index in [1.807, 2.05) is 18.2 Å². The predicted molar refractivity (Wildman–Crippen MR) is 140 cm³/mol. The van der Waals surface area contributed by atoms with Gasteiger partial charge in [-0.2, -0.15) is 4.98 Å². The Bertz CT molecular complexity index is 985. The minimum absolute atomic E-state index is 0. The second-order valence-electron chi connectivity index (χ2n) is 10.3. The summed E-state index contributed by atoms with van der Waals surface area (Å²) < 4.78 is 6.21. The number of carbonyl (C=O) groups excluding carboxylic acids is 1. The first-order valence-electron chi connectivity index (χ1n) is 12.6. The molecule has 1 aromatic carbocycles. The number of aromatic nitrogens is 1. The van der Waals surface area contributed by atoms with E-state index >= 15 is 0 Å². The van der Waals surface area contributed by atoms with Crippen molar-refractivity contribution in [3.8, 4) is 0 Å². The van der Waals surface area contributed by atoms with E-state index in [1.165, 1.54) is 44.9 Å². The molecule has 1 aromatic heterocycles. The molecule has 4 heterocycles. The molecule has 4 fully saturated rings. The van der Waals surface area contributed by atoms with E-state index in [4.69, 9.17) is 9.40 Å². The van der Waals surface area contributed by atoms with Crippen molar-refractivity contribution < 1.29 is 9.21 Å². The maximum atomic E-state index is 13.3. The van der Waals surface area contributed by atoms with Crippen molar-refractivity contribution in [1.82, 2.24) is 20.5 Å². The van der Waals surface area contributed by atoms with Crippen LogP contribution in [0.15, 0.2) is 22.6 Å². The number of piperazine rings is 1. The lowest BCUT2D eigenvalue weighted by Crippen LogP contribution is -2.59. The second-order valence-corrected chi connectivity index (χ2v) is 10.3. The highest BCUT2D eigenvalue weighted by atomic mass is 35.5. The highest BCUT2D eigenvalue weighted by Crippen LogP contribution is 2.34. The fourth-order valence-corrected chi connectivity index (χ4v) is 6.74. The molecule has 2 bridgehead atoms. The van der Waals surface area contributed by atoms with Gasteiger partial charge in [-0.25, -0.2) is 0 Å². The van der Waals surface area contributed by atoms with Gasteiger partial charge >= 0.3 is 0 Å². The second kappa shape index (κ2) is 10.6. The summed E-state index contributed by atoms with van der Waals surface area (Å²) in [7, 11) is 2.25. The van der Waals surface area contributed by atoms with Crippen LogP contribution in [0.1, 0.15) is 68.1 Å². The quantitative estimate of drug-likeness (QED) is 0.647. The van der Waals surface area contributed by atoms with Crippen molar-refractivity contribution in [2.75, 3.05) is 25.0 Å². The minimum Gasteiger partial charge on any atom is -0.423 e. The molecule has 2 N–H and O–H groups in total. The van der Waals surface area contributed by atoms with E-state index < -0.39 is 0 Å². The number of anilines is 1. The normalized spacial score (nSPS) is 31.2. The fourth-order valence-electron chi connectivity index (χ4n) is 6.74. The first-order valence-corrected chi connectivity index (χ1v) is 12.6. The van der Waals surface area contributed by atoms with Gasteiger partial charge in [0.1, 0.15) is 5.52 Å². The van der Waals surface area contributed by atoms with Crippen LogP contribution in [0.5, 0.6) is 0 Å². The zero-order chi connectivity index (χ0) is 21.7. The van der Waals surface area contributed by atoms with Crippen LogP contribution in [0.4, 0.5) is 6.01 Å². The average molecular weight is 511 g/mol. The fraction of sp³-hybridized carbons (Fsp3) is 0.680. The molecule has 2 unspecified atom stereocenters. The molecule has 0 spiro atoms. The number of carbonyl (C=O) groups is 1. The SMILES string of the molecule is CN1C2CCCC1CC(NC(=O)c1cccc3oc(N4CCN[C@H]5CCCC[C@@H]54)nc13)C2.Cl.Cl. The summed E-state index contributed by atoms with van der Waals surface area (Å²) in [5, 5.41) is 7.01. The van der Waals surface area contributed by atoms with Gasteiger partial charge in [-0.15, -0.1) is 24.8 Å². The molecule has 2 aromatic rings. The van der Waals surface area contributed by atoms with Crippen LogP contribution >= 0.6 is 24.8 Å². The van der Waals surface area contributed by atoms with Crippen LogP contribution in [-0.2, 0) is 0 Å². The monoisotopic (exact) mass is 509 g/mol. The number of rotatable bonds is 3. The van der Waals surface area contributed by atoms with Gasteiger partial charge in [0.15, 0.2) is 5.58 Å². The summed E-state index contributed by atoms with van der Waals surface area (Å²) in [5.74, 6) is -0.0149. The van der Waals surface area contributed by atoms with Crippen LogP contribution in [0.25, 0.3) is 11.1 Å². The third kappa shape index (κ3) is 4.64. The molecule has 6 rings (SSSR count). The molecule has 9 heteroatoms. The first-order chi connectivity index (χ1) is 15.7. The van der Waals surface area contributed by atoms with E-state index in [-0.39, 0.29) is 36.8 Å². The Morgan fingerprint density at radius 2 is 1.85 bits per heavy atom. The maximum absolute atomic E-state index is 13.3. The van der Waals surface area contributed by atoms with Gasteiger partial charge in [0.25, 0.3) is 11.9 Å². The number of hydrogen-bond donors (Lipinski definition) is 2. The Balaban J connectivity index is 0.00000137. The van der Waals surface area contributed by atoms with Gasteiger partial charge in [0.2, 0.25) is 0 Å². The average Bonchev–Trinajstić information content (AvgIpc) is 3.23. The van der Waals surface area contributed by atoms with Crippen LogP contribution in [-0.4, -0.2) is 66.1 Å². The number of fused-ring (bicyclic) bond motifs is 4. The standard InChI is InChI=1S/C25H35N5O2.2ClH/c1-29-17-6-4-7-18(29)15-16(14-17)27-24(31)19-8-5-11-22-23(19)28-25(32-22)30-13-12-26-20-9-2-3-10-21(20)30;;/h5,8,11,16-18,20-21,26H,2-4,6-7,9-10,12-15H2,1H3,(H,27,31);2*1H/t16?,17?,18?,20-,21-;;/m0../s1. The van der Waals surface area contributed by atoms with Crippen LogP contribution in [0, 0.1) is 0 Å². The Kier molecular flexibility index (Phi) is 7.97. The van der Waals surface area contributed by atoms with Crippen molar-refractivity contribution in [1.29, 1.82) is 0 Å². The van der Waals surface area contributed by atoms with Gasteiger partial charge in [0, 0.05) is 43.3 Å². The lowest BCUT2D eigenvalue weighted by atomic mass is 9.82. The van der Waals surface area contributed by atoms with E-state index in [1.54, 1.807) is 0 Å². The zero-order valence-corrected chi connectivity index (χ0v) is 21.5. The van der Waals surface area contributed by atoms with Crippen molar-refractivity contribution in [2.24, 2.45) is 0 Å². The third-order valence-corrected chi connectivity index (χ3v) is 8.46. The number of benzene rings is 1. The Labute approximate surface area is 214 Å². The lowest BCUT2D eigenvalue weighted by Gasteiger charge is -2.47. The van der Waals surface area contributed by atoms with E-state index in [0.29, 0.717) is 46.8 Å². The molecule has 1 saturated carbocycles. The number of oxazole rings is 1. The van der Waals surface area contributed by atoms with Gasteiger partial charge < -0.3 is 24.9 Å². The number of nitrogens with one attached hydrogen (secondary N) is 2. The number of hydrogen-bond acceptors (Lipinski definition) is 6. The van der Waals surface area contributed by atoms with Crippen molar-refractivity contribution in [2.45, 2.75) is 88.0 Å². The largest absolute Gasteiger partial charge is 0.423 e. The summed E-state index contributed by atoms with van der Waals surface area (Å²) in [6, 6.07) is 8.79. The third-order valence-electron chi connectivity index (χ3n) is 8.46. The number of para-hydroxylation sites is 1. The van der Waals surface area contributed by atoms with Crippen LogP contribution in [0.3, 0.4) is 0 Å². The highest BCUT2D eigenvalue weighted by Gasteiger charge is 2.37. The summed E-state index contributed by atoms with van der Waals surface area (Å²) in [6.45, 7) is 1.85.